The Morgan fingerprint density at radius 1 is 0.970 bits per heavy atom. The maximum absolute atomic E-state index is 6.14. The molecule has 1 aliphatic heterocycles. The fourth-order valence-electron chi connectivity index (χ4n) is 3.90. The summed E-state index contributed by atoms with van der Waals surface area (Å²) in [6.07, 6.45) is 0. The molecule has 4 rings (SSSR count). The van der Waals surface area contributed by atoms with Crippen LogP contribution in [0.5, 0.6) is 11.5 Å². The lowest BCUT2D eigenvalue weighted by atomic mass is 10.1. The largest absolute Gasteiger partial charge is 0.490 e. The van der Waals surface area contributed by atoms with Crippen LogP contribution in [0, 0.1) is 6.92 Å². The summed E-state index contributed by atoms with van der Waals surface area (Å²) < 4.78 is 18.4. The van der Waals surface area contributed by atoms with Crippen LogP contribution in [0.1, 0.15) is 23.6 Å². The van der Waals surface area contributed by atoms with Gasteiger partial charge in [0.15, 0.2) is 11.5 Å². The van der Waals surface area contributed by atoms with E-state index in [-0.39, 0.29) is 0 Å². The van der Waals surface area contributed by atoms with Crippen molar-refractivity contribution in [2.45, 2.75) is 27.0 Å². The van der Waals surface area contributed by atoms with Gasteiger partial charge in [-0.3, -0.25) is 0 Å². The topological polar surface area (TPSA) is 43.0 Å². The molecule has 33 heavy (non-hydrogen) atoms. The van der Waals surface area contributed by atoms with Crippen LogP contribution in [0.3, 0.4) is 0 Å². The summed E-state index contributed by atoms with van der Waals surface area (Å²) in [5.41, 5.74) is 5.79. The van der Waals surface area contributed by atoms with Gasteiger partial charge in [0.05, 0.1) is 24.3 Å². The van der Waals surface area contributed by atoms with Crippen LogP contribution in [0.2, 0.25) is 0 Å². The lowest BCUT2D eigenvalue weighted by molar-refractivity contribution is 0.122. The monoisotopic (exact) mass is 510 g/mol. The van der Waals surface area contributed by atoms with Gasteiger partial charge in [-0.2, -0.15) is 0 Å². The smallest absolute Gasteiger partial charge is 0.175 e. The Morgan fingerprint density at radius 3 is 2.48 bits per heavy atom. The van der Waals surface area contributed by atoms with E-state index in [1.54, 1.807) is 0 Å². The summed E-state index contributed by atoms with van der Waals surface area (Å²) in [6.45, 7) is 9.30. The number of anilines is 2. The molecule has 174 valence electrons. The summed E-state index contributed by atoms with van der Waals surface area (Å²) in [5, 5.41) is 3.51. The first-order valence-electron chi connectivity index (χ1n) is 11.4. The van der Waals surface area contributed by atoms with Crippen LogP contribution in [0.25, 0.3) is 0 Å². The molecule has 5 nitrogen and oxygen atoms in total. The molecule has 1 heterocycles. The summed E-state index contributed by atoms with van der Waals surface area (Å²) in [4.78, 5) is 2.36. The number of ether oxygens (including phenoxy) is 3. The van der Waals surface area contributed by atoms with Gasteiger partial charge in [0, 0.05) is 31.0 Å². The molecular weight excluding hydrogens is 480 g/mol. The zero-order valence-corrected chi connectivity index (χ0v) is 20.9. The Hall–Kier alpha value is -2.70. The summed E-state index contributed by atoms with van der Waals surface area (Å²) in [5.74, 6) is 1.48. The molecular formula is C27H31BrN2O3. The highest BCUT2D eigenvalue weighted by Crippen LogP contribution is 2.37. The Morgan fingerprint density at radius 2 is 1.76 bits per heavy atom. The third kappa shape index (κ3) is 6.42. The first-order valence-corrected chi connectivity index (χ1v) is 12.2. The average Bonchev–Trinajstić information content (AvgIpc) is 2.83. The van der Waals surface area contributed by atoms with Crippen molar-refractivity contribution in [3.63, 3.8) is 0 Å². The minimum atomic E-state index is 0.493. The molecule has 0 spiro atoms. The van der Waals surface area contributed by atoms with Gasteiger partial charge in [-0.25, -0.2) is 0 Å². The Kier molecular flexibility index (Phi) is 8.13. The third-order valence-electron chi connectivity index (χ3n) is 5.57. The Bertz CT molecular complexity index is 1050. The maximum Gasteiger partial charge on any atom is 0.175 e. The molecule has 1 aliphatic rings. The quantitative estimate of drug-likeness (QED) is 0.372. The highest BCUT2D eigenvalue weighted by molar-refractivity contribution is 9.10. The number of halogens is 1. The van der Waals surface area contributed by atoms with Crippen molar-refractivity contribution in [1.82, 2.24) is 0 Å². The van der Waals surface area contributed by atoms with E-state index in [9.17, 15) is 0 Å². The number of benzene rings is 3. The summed E-state index contributed by atoms with van der Waals surface area (Å²) >= 11 is 3.69. The molecule has 0 bridgehead atoms. The molecule has 0 atom stereocenters. The first-order chi connectivity index (χ1) is 16.1. The van der Waals surface area contributed by atoms with Crippen LogP contribution in [-0.2, 0) is 17.9 Å². The van der Waals surface area contributed by atoms with Gasteiger partial charge in [-0.05, 0) is 77.3 Å². The van der Waals surface area contributed by atoms with E-state index >= 15 is 0 Å². The normalized spacial score (nSPS) is 13.6. The van der Waals surface area contributed by atoms with Crippen molar-refractivity contribution in [1.29, 1.82) is 0 Å². The van der Waals surface area contributed by atoms with E-state index in [4.69, 9.17) is 14.2 Å². The van der Waals surface area contributed by atoms with Crippen molar-refractivity contribution in [2.24, 2.45) is 0 Å². The standard InChI is InChI=1S/C27H31BrN2O3/c1-3-32-26-17-22(16-25(28)27(26)33-19-21-6-4-5-20(2)15-21)18-29-23-7-9-24(10-8-23)30-11-13-31-14-12-30/h4-10,15-17,29H,3,11-14,18-19H2,1-2H3. The molecule has 1 N–H and O–H groups in total. The van der Waals surface area contributed by atoms with Crippen molar-refractivity contribution in [2.75, 3.05) is 43.1 Å². The fourth-order valence-corrected chi connectivity index (χ4v) is 4.50. The third-order valence-corrected chi connectivity index (χ3v) is 6.16. The highest BCUT2D eigenvalue weighted by Gasteiger charge is 2.14. The molecule has 1 saturated heterocycles. The summed E-state index contributed by atoms with van der Waals surface area (Å²) in [6, 6.07) is 21.1. The van der Waals surface area contributed by atoms with Crippen molar-refractivity contribution >= 4 is 27.3 Å². The van der Waals surface area contributed by atoms with E-state index in [1.165, 1.54) is 11.3 Å². The highest BCUT2D eigenvalue weighted by atomic mass is 79.9. The molecule has 0 radical (unpaired) electrons. The van der Waals surface area contributed by atoms with Gasteiger partial charge in [0.2, 0.25) is 0 Å². The van der Waals surface area contributed by atoms with Crippen molar-refractivity contribution < 1.29 is 14.2 Å². The zero-order valence-electron chi connectivity index (χ0n) is 19.3. The second-order valence-electron chi connectivity index (χ2n) is 8.12. The molecule has 3 aromatic carbocycles. The van der Waals surface area contributed by atoms with E-state index in [0.29, 0.717) is 19.8 Å². The molecule has 1 fully saturated rings. The van der Waals surface area contributed by atoms with Crippen LogP contribution in [-0.4, -0.2) is 32.9 Å². The number of nitrogens with zero attached hydrogens (tertiary/aromatic N) is 1. The Labute approximate surface area is 204 Å². The first kappa shape index (κ1) is 23.5. The van der Waals surface area contributed by atoms with Crippen molar-refractivity contribution in [3.8, 4) is 11.5 Å². The number of aryl methyl sites for hydroxylation is 1. The molecule has 0 amide bonds. The van der Waals surface area contributed by atoms with Gasteiger partial charge < -0.3 is 24.4 Å². The van der Waals surface area contributed by atoms with Gasteiger partial charge >= 0.3 is 0 Å². The van der Waals surface area contributed by atoms with Crippen molar-refractivity contribution in [3.05, 3.63) is 81.8 Å². The van der Waals surface area contributed by atoms with E-state index < -0.39 is 0 Å². The Balaban J connectivity index is 1.41. The predicted octanol–water partition coefficient (Wildman–Crippen LogP) is 6.18. The van der Waals surface area contributed by atoms with Gasteiger partial charge in [-0.15, -0.1) is 0 Å². The average molecular weight is 511 g/mol. The number of nitrogens with one attached hydrogen (secondary N) is 1. The number of hydrogen-bond acceptors (Lipinski definition) is 5. The van der Waals surface area contributed by atoms with Gasteiger partial charge in [0.1, 0.15) is 6.61 Å². The van der Waals surface area contributed by atoms with E-state index in [1.807, 2.05) is 6.92 Å². The second-order valence-corrected chi connectivity index (χ2v) is 8.97. The molecule has 0 aromatic heterocycles. The van der Waals surface area contributed by atoms with Crippen LogP contribution in [0.4, 0.5) is 11.4 Å². The lowest BCUT2D eigenvalue weighted by Crippen LogP contribution is -2.36. The molecule has 0 unspecified atom stereocenters. The van der Waals surface area contributed by atoms with Crippen LogP contribution < -0.4 is 19.7 Å². The van der Waals surface area contributed by atoms with Gasteiger partial charge in [-0.1, -0.05) is 29.8 Å². The van der Waals surface area contributed by atoms with E-state index in [0.717, 1.165) is 59.1 Å². The second kappa shape index (κ2) is 11.4. The van der Waals surface area contributed by atoms with E-state index in [2.05, 4.69) is 93.7 Å². The minimum Gasteiger partial charge on any atom is -0.490 e. The van der Waals surface area contributed by atoms with Crippen LogP contribution >= 0.6 is 15.9 Å². The van der Waals surface area contributed by atoms with Gasteiger partial charge in [0.25, 0.3) is 0 Å². The molecule has 6 heteroatoms. The predicted molar refractivity (Wildman–Crippen MR) is 138 cm³/mol. The molecule has 0 aliphatic carbocycles. The maximum atomic E-state index is 6.14. The number of morpholine rings is 1. The summed E-state index contributed by atoms with van der Waals surface area (Å²) in [7, 11) is 0. The number of hydrogen-bond donors (Lipinski definition) is 1. The number of rotatable bonds is 9. The molecule has 0 saturated carbocycles. The lowest BCUT2D eigenvalue weighted by Gasteiger charge is -2.29. The SMILES string of the molecule is CCOc1cc(CNc2ccc(N3CCOCC3)cc2)cc(Br)c1OCc1cccc(C)c1. The molecule has 3 aromatic rings. The minimum absolute atomic E-state index is 0.493. The fraction of sp³-hybridized carbons (Fsp3) is 0.333. The zero-order chi connectivity index (χ0) is 23.0. The van der Waals surface area contributed by atoms with Crippen LogP contribution in [0.15, 0.2) is 65.1 Å².